The molecule has 1 aliphatic rings. The Kier molecular flexibility index (Phi) is 1.86. The molecule has 0 spiro atoms. The van der Waals surface area contributed by atoms with Crippen molar-refractivity contribution in [1.82, 2.24) is 0 Å². The fraction of sp³-hybridized carbons (Fsp3) is 0.571. The topological polar surface area (TPSA) is 49.8 Å². The Hall–Kier alpha value is -0.810. The number of hydrogen-bond acceptors (Lipinski definition) is 2. The number of nitrogens with zero attached hydrogens (tertiary/aromatic N) is 1. The molecule has 2 unspecified atom stereocenters. The van der Waals surface area contributed by atoms with Gasteiger partial charge in [0.2, 0.25) is 0 Å². The molecule has 0 amide bonds. The zero-order valence-electron chi connectivity index (χ0n) is 5.25. The minimum Gasteiger partial charge on any atom is -0.323 e. The quantitative estimate of drug-likeness (QED) is 0.483. The van der Waals surface area contributed by atoms with Crippen molar-refractivity contribution in [2.75, 3.05) is 0 Å². The summed E-state index contributed by atoms with van der Waals surface area (Å²) in [5.41, 5.74) is 5.58. The second-order valence-corrected chi connectivity index (χ2v) is 2.32. The van der Waals surface area contributed by atoms with Crippen molar-refractivity contribution in [3.05, 3.63) is 12.2 Å². The second-order valence-electron chi connectivity index (χ2n) is 2.32. The fourth-order valence-electron chi connectivity index (χ4n) is 1.01. The lowest BCUT2D eigenvalue weighted by molar-refractivity contribution is 0.526. The Morgan fingerprint density at radius 1 is 1.67 bits per heavy atom. The predicted octanol–water partition coefficient (Wildman–Crippen LogP) is 0.803. The molecule has 1 rings (SSSR count). The van der Waals surface area contributed by atoms with Gasteiger partial charge in [-0.2, -0.15) is 5.26 Å². The molecule has 0 heterocycles. The fourth-order valence-corrected chi connectivity index (χ4v) is 1.01. The lowest BCUT2D eigenvalue weighted by atomic mass is 9.92. The monoisotopic (exact) mass is 122 g/mol. The normalized spacial score (nSPS) is 33.8. The van der Waals surface area contributed by atoms with Gasteiger partial charge < -0.3 is 5.73 Å². The molecule has 0 saturated heterocycles. The smallest absolute Gasteiger partial charge is 0.0675 e. The maximum atomic E-state index is 8.50. The van der Waals surface area contributed by atoms with Crippen LogP contribution in [0, 0.1) is 17.2 Å². The maximum Gasteiger partial charge on any atom is 0.0675 e. The number of nitriles is 1. The average Bonchev–Trinajstić information content (AvgIpc) is 1.89. The average molecular weight is 122 g/mol. The summed E-state index contributed by atoms with van der Waals surface area (Å²) in [5, 5.41) is 8.50. The molecule has 2 N–H and O–H groups in total. The van der Waals surface area contributed by atoms with Gasteiger partial charge in [-0.25, -0.2) is 0 Å². The molecule has 0 aromatic heterocycles. The summed E-state index contributed by atoms with van der Waals surface area (Å²) < 4.78 is 0. The van der Waals surface area contributed by atoms with E-state index in [1.807, 2.05) is 12.2 Å². The van der Waals surface area contributed by atoms with Crippen LogP contribution < -0.4 is 5.73 Å². The number of allylic oxidation sites excluding steroid dienone is 1. The van der Waals surface area contributed by atoms with Crippen LogP contribution >= 0.6 is 0 Å². The number of nitrogens with two attached hydrogens (primary N) is 1. The Morgan fingerprint density at radius 3 is 2.89 bits per heavy atom. The van der Waals surface area contributed by atoms with Gasteiger partial charge in [-0.1, -0.05) is 12.2 Å². The first-order chi connectivity index (χ1) is 4.34. The van der Waals surface area contributed by atoms with Crippen molar-refractivity contribution in [3.63, 3.8) is 0 Å². The van der Waals surface area contributed by atoms with Crippen LogP contribution in [0.4, 0.5) is 0 Å². The van der Waals surface area contributed by atoms with Gasteiger partial charge in [-0.15, -0.1) is 0 Å². The molecule has 2 nitrogen and oxygen atoms in total. The van der Waals surface area contributed by atoms with Crippen molar-refractivity contribution in [2.24, 2.45) is 11.7 Å². The zero-order valence-corrected chi connectivity index (χ0v) is 5.25. The largest absolute Gasteiger partial charge is 0.323 e. The number of rotatable bonds is 0. The summed E-state index contributed by atoms with van der Waals surface area (Å²) in [5.74, 6) is 0.0509. The van der Waals surface area contributed by atoms with Crippen molar-refractivity contribution in [2.45, 2.75) is 18.9 Å². The minimum atomic E-state index is -0.0243. The Balaban J connectivity index is 2.57. The Labute approximate surface area is 55.0 Å². The van der Waals surface area contributed by atoms with Gasteiger partial charge in [0.25, 0.3) is 0 Å². The number of hydrogen-bond donors (Lipinski definition) is 1. The van der Waals surface area contributed by atoms with Crippen LogP contribution in [0.1, 0.15) is 12.8 Å². The van der Waals surface area contributed by atoms with Crippen LogP contribution in [0.15, 0.2) is 12.2 Å². The highest BCUT2D eigenvalue weighted by molar-refractivity contribution is 5.06. The van der Waals surface area contributed by atoms with E-state index in [1.54, 1.807) is 0 Å². The van der Waals surface area contributed by atoms with E-state index >= 15 is 0 Å². The highest BCUT2D eigenvalue weighted by Crippen LogP contribution is 2.15. The second kappa shape index (κ2) is 2.65. The first-order valence-corrected chi connectivity index (χ1v) is 3.16. The van der Waals surface area contributed by atoms with Gasteiger partial charge >= 0.3 is 0 Å². The van der Waals surface area contributed by atoms with E-state index in [2.05, 4.69) is 6.07 Å². The lowest BCUT2D eigenvalue weighted by Gasteiger charge is -2.16. The Morgan fingerprint density at radius 2 is 2.44 bits per heavy atom. The van der Waals surface area contributed by atoms with Crippen LogP contribution in [-0.4, -0.2) is 6.04 Å². The van der Waals surface area contributed by atoms with E-state index in [0.717, 1.165) is 12.8 Å². The zero-order chi connectivity index (χ0) is 6.69. The maximum absolute atomic E-state index is 8.50. The molecule has 48 valence electrons. The molecule has 2 atom stereocenters. The van der Waals surface area contributed by atoms with Gasteiger partial charge in [0.15, 0.2) is 0 Å². The van der Waals surface area contributed by atoms with Crippen LogP contribution in [0.25, 0.3) is 0 Å². The molecule has 0 saturated carbocycles. The van der Waals surface area contributed by atoms with Gasteiger partial charge in [0.05, 0.1) is 12.0 Å². The van der Waals surface area contributed by atoms with Crippen molar-refractivity contribution in [1.29, 1.82) is 5.26 Å². The standard InChI is InChI=1S/C7H10N2/c8-5-6-3-1-2-4-7(6)9/h2,4,6-7H,1,3,9H2. The van der Waals surface area contributed by atoms with Crippen LogP contribution in [0.5, 0.6) is 0 Å². The van der Waals surface area contributed by atoms with Gasteiger partial charge in [0.1, 0.15) is 0 Å². The van der Waals surface area contributed by atoms with E-state index in [0.29, 0.717) is 0 Å². The van der Waals surface area contributed by atoms with E-state index in [9.17, 15) is 0 Å². The third kappa shape index (κ3) is 1.30. The highest BCUT2D eigenvalue weighted by atomic mass is 14.6. The molecule has 0 aromatic carbocycles. The van der Waals surface area contributed by atoms with Crippen LogP contribution in [0.2, 0.25) is 0 Å². The molecule has 0 aromatic rings. The van der Waals surface area contributed by atoms with Crippen molar-refractivity contribution in [3.8, 4) is 6.07 Å². The molecule has 0 aliphatic heterocycles. The molecule has 9 heavy (non-hydrogen) atoms. The van der Waals surface area contributed by atoms with Crippen LogP contribution in [0.3, 0.4) is 0 Å². The minimum absolute atomic E-state index is 0.0243. The molecule has 0 fully saturated rings. The Bertz CT molecular complexity index is 155. The highest BCUT2D eigenvalue weighted by Gasteiger charge is 2.16. The van der Waals surface area contributed by atoms with E-state index in [-0.39, 0.29) is 12.0 Å². The molecular formula is C7H10N2. The van der Waals surface area contributed by atoms with Crippen molar-refractivity contribution < 1.29 is 0 Å². The van der Waals surface area contributed by atoms with Crippen molar-refractivity contribution >= 4 is 0 Å². The van der Waals surface area contributed by atoms with Gasteiger partial charge in [-0.3, -0.25) is 0 Å². The summed E-state index contributed by atoms with van der Waals surface area (Å²) in [6, 6.07) is 2.15. The summed E-state index contributed by atoms with van der Waals surface area (Å²) in [6.07, 6.45) is 5.88. The SMILES string of the molecule is N#CC1CCC=CC1N. The van der Waals surface area contributed by atoms with Crippen LogP contribution in [-0.2, 0) is 0 Å². The predicted molar refractivity (Wildman–Crippen MR) is 35.5 cm³/mol. The summed E-state index contributed by atoms with van der Waals surface area (Å²) >= 11 is 0. The first-order valence-electron chi connectivity index (χ1n) is 3.16. The third-order valence-corrected chi connectivity index (χ3v) is 1.63. The van der Waals surface area contributed by atoms with Gasteiger partial charge in [-0.05, 0) is 12.8 Å². The molecular weight excluding hydrogens is 112 g/mol. The van der Waals surface area contributed by atoms with E-state index in [4.69, 9.17) is 11.0 Å². The summed E-state index contributed by atoms with van der Waals surface area (Å²) in [4.78, 5) is 0. The molecule has 0 radical (unpaired) electrons. The first kappa shape index (κ1) is 6.31. The van der Waals surface area contributed by atoms with Gasteiger partial charge in [0, 0.05) is 6.04 Å². The summed E-state index contributed by atoms with van der Waals surface area (Å²) in [6.45, 7) is 0. The lowest BCUT2D eigenvalue weighted by Crippen LogP contribution is -2.28. The molecule has 0 bridgehead atoms. The molecule has 1 aliphatic carbocycles. The van der Waals surface area contributed by atoms with E-state index in [1.165, 1.54) is 0 Å². The summed E-state index contributed by atoms with van der Waals surface area (Å²) in [7, 11) is 0. The third-order valence-electron chi connectivity index (χ3n) is 1.63. The van der Waals surface area contributed by atoms with E-state index < -0.39 is 0 Å². The molecule has 2 heteroatoms.